The molecule has 1 aliphatic rings. The molecular weight excluding hydrogens is 444 g/mol. The summed E-state index contributed by atoms with van der Waals surface area (Å²) in [5.74, 6) is 1.39. The number of furan rings is 1. The Morgan fingerprint density at radius 3 is 2.57 bits per heavy atom. The summed E-state index contributed by atoms with van der Waals surface area (Å²) in [4.78, 5) is 20.0. The predicted molar refractivity (Wildman–Crippen MR) is 135 cm³/mol. The summed E-state index contributed by atoms with van der Waals surface area (Å²) in [6.07, 6.45) is 5.29. The lowest BCUT2D eigenvalue weighted by Gasteiger charge is -2.30. The third kappa shape index (κ3) is 4.97. The molecule has 2 aromatic carbocycles. The second kappa shape index (κ2) is 10.1. The molecule has 1 saturated carbocycles. The standard InChI is InChI=1S/C27H28N4O4/c1-34-21-12-10-17(11-13-21)23-24-26(31-20-9-5-8-19(14-20)28-15-22(32)33)29-16-30-27(24)35-25(23)18-6-3-2-4-7-18/h2-4,6-7,10-13,16,19-20,28H,5,8-9,14-15H2,1H3,(H,32,33)(H,29,30,31)/t19-,20-/m1/s1. The Balaban J connectivity index is 1.55. The predicted octanol–water partition coefficient (Wildman–Crippen LogP) is 4.96. The molecule has 0 amide bonds. The van der Waals surface area contributed by atoms with Gasteiger partial charge in [0, 0.05) is 23.2 Å². The van der Waals surface area contributed by atoms with Crippen molar-refractivity contribution in [1.29, 1.82) is 0 Å². The van der Waals surface area contributed by atoms with Gasteiger partial charge in [0.2, 0.25) is 5.71 Å². The van der Waals surface area contributed by atoms with Gasteiger partial charge in [-0.1, -0.05) is 42.5 Å². The van der Waals surface area contributed by atoms with Crippen LogP contribution in [0.3, 0.4) is 0 Å². The molecule has 180 valence electrons. The zero-order chi connectivity index (χ0) is 24.2. The van der Waals surface area contributed by atoms with Crippen LogP contribution in [-0.4, -0.2) is 46.8 Å². The second-order valence-corrected chi connectivity index (χ2v) is 8.78. The maximum Gasteiger partial charge on any atom is 0.317 e. The van der Waals surface area contributed by atoms with E-state index in [1.165, 1.54) is 6.33 Å². The van der Waals surface area contributed by atoms with E-state index in [1.807, 2.05) is 54.6 Å². The zero-order valence-electron chi connectivity index (χ0n) is 19.5. The van der Waals surface area contributed by atoms with Crippen LogP contribution in [0.5, 0.6) is 5.75 Å². The molecule has 0 radical (unpaired) electrons. The van der Waals surface area contributed by atoms with Crippen LogP contribution in [0.2, 0.25) is 0 Å². The second-order valence-electron chi connectivity index (χ2n) is 8.78. The van der Waals surface area contributed by atoms with Crippen molar-refractivity contribution in [3.63, 3.8) is 0 Å². The molecule has 1 fully saturated rings. The number of benzene rings is 2. The summed E-state index contributed by atoms with van der Waals surface area (Å²) in [7, 11) is 1.65. The van der Waals surface area contributed by atoms with Gasteiger partial charge in [-0.2, -0.15) is 0 Å². The molecule has 0 spiro atoms. The highest BCUT2D eigenvalue weighted by molar-refractivity contribution is 6.05. The van der Waals surface area contributed by atoms with Crippen LogP contribution < -0.4 is 15.4 Å². The van der Waals surface area contributed by atoms with Gasteiger partial charge in [0.1, 0.15) is 23.7 Å². The largest absolute Gasteiger partial charge is 0.497 e. The lowest BCUT2D eigenvalue weighted by atomic mass is 9.90. The molecular formula is C27H28N4O4. The van der Waals surface area contributed by atoms with Crippen LogP contribution >= 0.6 is 0 Å². The van der Waals surface area contributed by atoms with Crippen LogP contribution in [0.1, 0.15) is 25.7 Å². The summed E-state index contributed by atoms with van der Waals surface area (Å²) in [5, 5.41) is 16.6. The summed E-state index contributed by atoms with van der Waals surface area (Å²) in [5.41, 5.74) is 3.38. The van der Waals surface area contributed by atoms with E-state index in [0.717, 1.165) is 65.1 Å². The van der Waals surface area contributed by atoms with E-state index in [-0.39, 0.29) is 18.6 Å². The van der Waals surface area contributed by atoms with Crippen LogP contribution in [0.15, 0.2) is 65.3 Å². The molecule has 0 saturated heterocycles. The number of anilines is 1. The highest BCUT2D eigenvalue weighted by Crippen LogP contribution is 2.43. The molecule has 5 rings (SSSR count). The fraction of sp³-hybridized carbons (Fsp3) is 0.296. The molecule has 0 aliphatic heterocycles. The first-order valence-corrected chi connectivity index (χ1v) is 11.8. The summed E-state index contributed by atoms with van der Waals surface area (Å²) >= 11 is 0. The van der Waals surface area contributed by atoms with Gasteiger partial charge in [0.05, 0.1) is 19.0 Å². The van der Waals surface area contributed by atoms with Gasteiger partial charge in [-0.25, -0.2) is 9.97 Å². The zero-order valence-corrected chi connectivity index (χ0v) is 19.5. The van der Waals surface area contributed by atoms with Gasteiger partial charge in [-0.3, -0.25) is 4.79 Å². The Labute approximate surface area is 203 Å². The minimum Gasteiger partial charge on any atom is -0.497 e. The van der Waals surface area contributed by atoms with E-state index in [0.29, 0.717) is 5.71 Å². The number of carboxylic acids is 1. The number of nitrogens with zero attached hydrogens (tertiary/aromatic N) is 2. The quantitative estimate of drug-likeness (QED) is 0.330. The molecule has 3 N–H and O–H groups in total. The Morgan fingerprint density at radius 2 is 1.83 bits per heavy atom. The maximum absolute atomic E-state index is 11.0. The third-order valence-corrected chi connectivity index (χ3v) is 6.46. The molecule has 0 bridgehead atoms. The summed E-state index contributed by atoms with van der Waals surface area (Å²) < 4.78 is 11.7. The monoisotopic (exact) mass is 472 g/mol. The van der Waals surface area contributed by atoms with Crippen LogP contribution in [0.25, 0.3) is 33.6 Å². The first-order chi connectivity index (χ1) is 17.1. The van der Waals surface area contributed by atoms with Crippen molar-refractivity contribution in [2.24, 2.45) is 0 Å². The Kier molecular flexibility index (Phi) is 6.63. The van der Waals surface area contributed by atoms with Gasteiger partial charge in [0.25, 0.3) is 0 Å². The fourth-order valence-corrected chi connectivity index (χ4v) is 4.80. The number of hydrogen-bond donors (Lipinski definition) is 3. The molecule has 1 aliphatic carbocycles. The van der Waals surface area contributed by atoms with Crippen molar-refractivity contribution in [3.8, 4) is 28.2 Å². The number of carboxylic acid groups (broad SMARTS) is 1. The average molecular weight is 473 g/mol. The van der Waals surface area contributed by atoms with Crippen molar-refractivity contribution >= 4 is 22.9 Å². The van der Waals surface area contributed by atoms with Gasteiger partial charge in [-0.15, -0.1) is 0 Å². The van der Waals surface area contributed by atoms with E-state index in [2.05, 4.69) is 20.6 Å². The molecule has 8 heteroatoms. The number of fused-ring (bicyclic) bond motifs is 1. The first kappa shape index (κ1) is 22.9. The maximum atomic E-state index is 11.0. The molecule has 4 aromatic rings. The number of aromatic nitrogens is 2. The lowest BCUT2D eigenvalue weighted by molar-refractivity contribution is -0.136. The number of aliphatic carboxylic acids is 1. The van der Waals surface area contributed by atoms with Crippen molar-refractivity contribution < 1.29 is 19.1 Å². The highest BCUT2D eigenvalue weighted by Gasteiger charge is 2.26. The fourth-order valence-electron chi connectivity index (χ4n) is 4.80. The van der Waals surface area contributed by atoms with Gasteiger partial charge in [0.15, 0.2) is 0 Å². The molecule has 2 atom stereocenters. The number of methoxy groups -OCH3 is 1. The van der Waals surface area contributed by atoms with Gasteiger partial charge >= 0.3 is 5.97 Å². The number of carbonyl (C=O) groups is 1. The minimum atomic E-state index is -0.839. The van der Waals surface area contributed by atoms with Crippen LogP contribution in [-0.2, 0) is 4.79 Å². The summed E-state index contributed by atoms with van der Waals surface area (Å²) in [6.45, 7) is -0.0288. The van der Waals surface area contributed by atoms with E-state index in [4.69, 9.17) is 14.3 Å². The molecule has 35 heavy (non-hydrogen) atoms. The minimum absolute atomic E-state index is 0.0288. The van der Waals surface area contributed by atoms with Gasteiger partial charge in [-0.05, 0) is 43.4 Å². The van der Waals surface area contributed by atoms with Crippen LogP contribution in [0, 0.1) is 0 Å². The van der Waals surface area contributed by atoms with Gasteiger partial charge < -0.3 is 24.9 Å². The Morgan fingerprint density at radius 1 is 1.06 bits per heavy atom. The molecule has 8 nitrogen and oxygen atoms in total. The normalized spacial score (nSPS) is 17.9. The summed E-state index contributed by atoms with van der Waals surface area (Å²) in [6, 6.07) is 18.2. The van der Waals surface area contributed by atoms with E-state index >= 15 is 0 Å². The Hall–Kier alpha value is -3.91. The van der Waals surface area contributed by atoms with Crippen LogP contribution in [0.4, 0.5) is 5.82 Å². The average Bonchev–Trinajstić information content (AvgIpc) is 3.29. The SMILES string of the molecule is COc1ccc(-c2c(-c3ccccc3)oc3ncnc(N[C@@H]4CCC[C@@H](NCC(=O)O)C4)c23)cc1. The van der Waals surface area contributed by atoms with E-state index < -0.39 is 5.97 Å². The van der Waals surface area contributed by atoms with E-state index in [9.17, 15) is 4.79 Å². The highest BCUT2D eigenvalue weighted by atomic mass is 16.5. The number of hydrogen-bond acceptors (Lipinski definition) is 7. The molecule has 2 aromatic heterocycles. The smallest absolute Gasteiger partial charge is 0.317 e. The number of ether oxygens (including phenoxy) is 1. The Bertz CT molecular complexity index is 1300. The number of nitrogens with one attached hydrogen (secondary N) is 2. The van der Waals surface area contributed by atoms with Crippen molar-refractivity contribution in [2.45, 2.75) is 37.8 Å². The van der Waals surface area contributed by atoms with E-state index in [1.54, 1.807) is 7.11 Å². The van der Waals surface area contributed by atoms with Crippen molar-refractivity contribution in [1.82, 2.24) is 15.3 Å². The van der Waals surface area contributed by atoms with Crippen molar-refractivity contribution in [2.75, 3.05) is 19.0 Å². The number of rotatable bonds is 8. The lowest BCUT2D eigenvalue weighted by Crippen LogP contribution is -2.41. The topological polar surface area (TPSA) is 110 Å². The third-order valence-electron chi connectivity index (χ3n) is 6.46. The van der Waals surface area contributed by atoms with Crippen molar-refractivity contribution in [3.05, 3.63) is 60.9 Å². The molecule has 0 unspecified atom stereocenters. The molecule has 2 heterocycles. The first-order valence-electron chi connectivity index (χ1n) is 11.8.